The summed E-state index contributed by atoms with van der Waals surface area (Å²) in [5.74, 6) is 0.891. The Bertz CT molecular complexity index is 531. The molecule has 100 valence electrons. The van der Waals surface area contributed by atoms with Crippen LogP contribution in [-0.2, 0) is 0 Å². The first-order valence-corrected chi connectivity index (χ1v) is 6.60. The van der Waals surface area contributed by atoms with Crippen molar-refractivity contribution >= 4 is 25.9 Å². The summed E-state index contributed by atoms with van der Waals surface area (Å²) in [4.78, 5) is 4.56. The maximum absolute atomic E-state index is 5.25. The van der Waals surface area contributed by atoms with Crippen molar-refractivity contribution in [1.82, 2.24) is 0 Å². The molecule has 2 rings (SSSR count). The zero-order valence-corrected chi connectivity index (χ0v) is 11.7. The first kappa shape index (κ1) is 15.5. The molecule has 4 heteroatoms. The summed E-state index contributed by atoms with van der Waals surface area (Å²) >= 11 is 1.75. The lowest BCUT2D eigenvalue weighted by Gasteiger charge is -2.16. The van der Waals surface area contributed by atoms with Gasteiger partial charge in [0.2, 0.25) is 0 Å². The molecule has 0 unspecified atom stereocenters. The lowest BCUT2D eigenvalue weighted by atomic mass is 10.3. The zero-order valence-electron chi connectivity index (χ0n) is 10.9. The maximum atomic E-state index is 5.25. The molecule has 0 radical (unpaired) electrons. The molecule has 2 aromatic rings. The fourth-order valence-corrected chi connectivity index (χ4v) is 2.78. The summed E-state index contributed by atoms with van der Waals surface area (Å²) in [6, 6.07) is 16.5. The normalized spacial score (nSPS) is 9.63. The van der Waals surface area contributed by atoms with Crippen LogP contribution in [0.15, 0.2) is 58.3 Å². The Kier molecular flexibility index (Phi) is 5.83. The SMILES string of the molecule is B.COc1cccc(Sc2ccccc2N(C)C)c1. The number of para-hydroxylation sites is 1. The highest BCUT2D eigenvalue weighted by atomic mass is 32.2. The summed E-state index contributed by atoms with van der Waals surface area (Å²) in [5, 5.41) is 0. The second-order valence-electron chi connectivity index (χ2n) is 4.14. The van der Waals surface area contributed by atoms with E-state index < -0.39 is 0 Å². The molecule has 0 aromatic heterocycles. The van der Waals surface area contributed by atoms with E-state index in [1.807, 2.05) is 12.1 Å². The van der Waals surface area contributed by atoms with Crippen molar-refractivity contribution in [3.05, 3.63) is 48.5 Å². The molecule has 0 N–H and O–H groups in total. The number of nitrogens with zero attached hydrogens (tertiary/aromatic N) is 1. The quantitative estimate of drug-likeness (QED) is 0.795. The van der Waals surface area contributed by atoms with Gasteiger partial charge in [-0.3, -0.25) is 0 Å². The van der Waals surface area contributed by atoms with Crippen LogP contribution in [0.3, 0.4) is 0 Å². The second kappa shape index (κ2) is 7.14. The van der Waals surface area contributed by atoms with Gasteiger partial charge in [0.05, 0.1) is 21.2 Å². The van der Waals surface area contributed by atoms with Crippen molar-refractivity contribution in [2.45, 2.75) is 9.79 Å². The topological polar surface area (TPSA) is 12.5 Å². The van der Waals surface area contributed by atoms with E-state index in [9.17, 15) is 0 Å². The number of ether oxygens (including phenoxy) is 1. The third-order valence-electron chi connectivity index (χ3n) is 2.62. The summed E-state index contributed by atoms with van der Waals surface area (Å²) in [5.41, 5.74) is 1.23. The lowest BCUT2D eigenvalue weighted by molar-refractivity contribution is 0.413. The van der Waals surface area contributed by atoms with Crippen molar-refractivity contribution in [2.75, 3.05) is 26.1 Å². The van der Waals surface area contributed by atoms with Gasteiger partial charge < -0.3 is 9.64 Å². The minimum absolute atomic E-state index is 0. The predicted octanol–water partition coefficient (Wildman–Crippen LogP) is 2.73. The van der Waals surface area contributed by atoms with Crippen LogP contribution in [0.1, 0.15) is 0 Å². The van der Waals surface area contributed by atoms with Crippen molar-refractivity contribution in [3.8, 4) is 5.75 Å². The Labute approximate surface area is 121 Å². The predicted molar refractivity (Wildman–Crippen MR) is 87.8 cm³/mol. The van der Waals surface area contributed by atoms with E-state index in [0.29, 0.717) is 0 Å². The van der Waals surface area contributed by atoms with E-state index in [-0.39, 0.29) is 8.41 Å². The van der Waals surface area contributed by atoms with Crippen molar-refractivity contribution in [2.24, 2.45) is 0 Å². The highest BCUT2D eigenvalue weighted by molar-refractivity contribution is 7.99. The van der Waals surface area contributed by atoms with Gasteiger partial charge in [-0.2, -0.15) is 0 Å². The van der Waals surface area contributed by atoms with Crippen molar-refractivity contribution in [1.29, 1.82) is 0 Å². The summed E-state index contributed by atoms with van der Waals surface area (Å²) in [6.45, 7) is 0. The van der Waals surface area contributed by atoms with Crippen LogP contribution in [-0.4, -0.2) is 29.6 Å². The van der Waals surface area contributed by atoms with Gasteiger partial charge >= 0.3 is 0 Å². The molecule has 0 bridgehead atoms. The number of hydrogen-bond donors (Lipinski definition) is 0. The third-order valence-corrected chi connectivity index (χ3v) is 3.67. The fourth-order valence-electron chi connectivity index (χ4n) is 1.70. The highest BCUT2D eigenvalue weighted by Crippen LogP contribution is 2.35. The molecule has 0 atom stereocenters. The average molecular weight is 273 g/mol. The Balaban J connectivity index is 0.00000180. The fraction of sp³-hybridized carbons (Fsp3) is 0.200. The molecule has 0 heterocycles. The standard InChI is InChI=1S/C15H17NOS.BH3/c1-16(2)14-9-4-5-10-15(14)18-13-8-6-7-12(11-13)17-3;/h4-11H,1-3H3;1H3. The van der Waals surface area contributed by atoms with Crippen LogP contribution < -0.4 is 9.64 Å². The Morgan fingerprint density at radius 1 is 1.00 bits per heavy atom. The maximum Gasteiger partial charge on any atom is 0.119 e. The number of anilines is 1. The molecular formula is C15H20BNOS. The molecule has 2 aromatic carbocycles. The minimum Gasteiger partial charge on any atom is -0.497 e. The smallest absolute Gasteiger partial charge is 0.119 e. The van der Waals surface area contributed by atoms with Crippen LogP contribution in [0, 0.1) is 0 Å². The lowest BCUT2D eigenvalue weighted by Crippen LogP contribution is -2.09. The van der Waals surface area contributed by atoms with Crippen LogP contribution in [0.4, 0.5) is 5.69 Å². The van der Waals surface area contributed by atoms with Crippen molar-refractivity contribution < 1.29 is 4.74 Å². The molecule has 0 fully saturated rings. The molecule has 19 heavy (non-hydrogen) atoms. The Morgan fingerprint density at radius 3 is 2.42 bits per heavy atom. The van der Waals surface area contributed by atoms with Gasteiger partial charge in [-0.1, -0.05) is 30.0 Å². The van der Waals surface area contributed by atoms with Crippen molar-refractivity contribution in [3.63, 3.8) is 0 Å². The Morgan fingerprint density at radius 2 is 1.74 bits per heavy atom. The molecule has 0 aliphatic heterocycles. The van der Waals surface area contributed by atoms with Gasteiger partial charge in [0.25, 0.3) is 0 Å². The van der Waals surface area contributed by atoms with Gasteiger partial charge in [-0.15, -0.1) is 0 Å². The zero-order chi connectivity index (χ0) is 13.0. The number of rotatable bonds is 4. The molecule has 0 spiro atoms. The molecule has 2 nitrogen and oxygen atoms in total. The summed E-state index contributed by atoms with van der Waals surface area (Å²) in [7, 11) is 5.81. The largest absolute Gasteiger partial charge is 0.497 e. The molecule has 0 saturated heterocycles. The van der Waals surface area contributed by atoms with E-state index in [2.05, 4.69) is 55.4 Å². The van der Waals surface area contributed by atoms with Crippen LogP contribution in [0.5, 0.6) is 5.75 Å². The first-order valence-electron chi connectivity index (χ1n) is 5.79. The first-order chi connectivity index (χ1) is 8.70. The van der Waals surface area contributed by atoms with Gasteiger partial charge in [0, 0.05) is 23.9 Å². The Hall–Kier alpha value is -1.55. The van der Waals surface area contributed by atoms with E-state index >= 15 is 0 Å². The van der Waals surface area contributed by atoms with Gasteiger partial charge in [0.1, 0.15) is 5.75 Å². The molecule has 0 saturated carbocycles. The summed E-state index contributed by atoms with van der Waals surface area (Å²) < 4.78 is 5.25. The molecule has 0 aliphatic carbocycles. The van der Waals surface area contributed by atoms with Crippen LogP contribution in [0.2, 0.25) is 0 Å². The highest BCUT2D eigenvalue weighted by Gasteiger charge is 2.05. The molecule has 0 aliphatic rings. The third kappa shape index (κ3) is 3.96. The average Bonchev–Trinajstić information content (AvgIpc) is 2.39. The minimum atomic E-state index is 0. The van der Waals surface area contributed by atoms with E-state index in [4.69, 9.17) is 4.74 Å². The number of benzene rings is 2. The van der Waals surface area contributed by atoms with Gasteiger partial charge in [0.15, 0.2) is 0 Å². The number of hydrogen-bond acceptors (Lipinski definition) is 3. The van der Waals surface area contributed by atoms with Gasteiger partial charge in [-0.05, 0) is 30.3 Å². The second-order valence-corrected chi connectivity index (χ2v) is 5.26. The van der Waals surface area contributed by atoms with E-state index in [0.717, 1.165) is 5.75 Å². The van der Waals surface area contributed by atoms with Crippen LogP contribution >= 0.6 is 11.8 Å². The molecular weight excluding hydrogens is 253 g/mol. The van der Waals surface area contributed by atoms with Gasteiger partial charge in [-0.25, -0.2) is 0 Å². The molecule has 0 amide bonds. The summed E-state index contributed by atoms with van der Waals surface area (Å²) in [6.07, 6.45) is 0. The monoisotopic (exact) mass is 273 g/mol. The van der Waals surface area contributed by atoms with E-state index in [1.165, 1.54) is 15.5 Å². The van der Waals surface area contributed by atoms with Crippen LogP contribution in [0.25, 0.3) is 0 Å². The number of methoxy groups -OCH3 is 1. The van der Waals surface area contributed by atoms with E-state index in [1.54, 1.807) is 18.9 Å².